The van der Waals surface area contributed by atoms with Crippen LogP contribution in [-0.2, 0) is 9.53 Å². The van der Waals surface area contributed by atoms with E-state index in [2.05, 4.69) is 51.0 Å². The van der Waals surface area contributed by atoms with E-state index in [1.165, 1.54) is 11.1 Å². The van der Waals surface area contributed by atoms with Crippen LogP contribution < -0.4 is 10.6 Å². The predicted octanol–water partition coefficient (Wildman–Crippen LogP) is 6.74. The molecule has 1 amide bonds. The van der Waals surface area contributed by atoms with Crippen LogP contribution in [0.2, 0.25) is 5.02 Å². The topological polar surface area (TPSA) is 123 Å². The molecule has 9 heteroatoms. The van der Waals surface area contributed by atoms with Crippen molar-refractivity contribution in [2.45, 2.75) is 25.2 Å². The number of dihydropyridines is 1. The summed E-state index contributed by atoms with van der Waals surface area (Å²) in [4.78, 5) is 16.7. The van der Waals surface area contributed by atoms with Gasteiger partial charge in [-0.25, -0.2) is 0 Å². The SMILES string of the molecule is CC1=C(C#N)C(c2cccc(Cl)c2)C(C(=O)NCCC(c2ccccc2)c2ccccc2)=C(COCCN=[N+]=[N-])N1. The number of benzene rings is 3. The van der Waals surface area contributed by atoms with E-state index in [9.17, 15) is 10.1 Å². The van der Waals surface area contributed by atoms with E-state index in [1.54, 1.807) is 25.1 Å². The van der Waals surface area contributed by atoms with E-state index in [-0.39, 0.29) is 31.6 Å². The van der Waals surface area contributed by atoms with Gasteiger partial charge in [0, 0.05) is 34.6 Å². The Morgan fingerprint density at radius 2 is 1.80 bits per heavy atom. The summed E-state index contributed by atoms with van der Waals surface area (Å²) in [6.45, 7) is 2.65. The van der Waals surface area contributed by atoms with Gasteiger partial charge in [-0.3, -0.25) is 4.79 Å². The number of rotatable bonds is 12. The molecule has 2 N–H and O–H groups in total. The van der Waals surface area contributed by atoms with Gasteiger partial charge in [0.1, 0.15) is 0 Å². The van der Waals surface area contributed by atoms with E-state index < -0.39 is 5.92 Å². The first-order valence-electron chi connectivity index (χ1n) is 13.4. The van der Waals surface area contributed by atoms with Gasteiger partial charge >= 0.3 is 0 Å². The number of allylic oxidation sites excluding steroid dienone is 2. The summed E-state index contributed by atoms with van der Waals surface area (Å²) in [6, 6.07) is 29.9. The molecule has 0 saturated carbocycles. The Balaban J connectivity index is 1.62. The van der Waals surface area contributed by atoms with E-state index in [1.807, 2.05) is 42.5 Å². The first kappa shape index (κ1) is 29.4. The van der Waals surface area contributed by atoms with Gasteiger partial charge in [0.15, 0.2) is 0 Å². The number of halogens is 1. The summed E-state index contributed by atoms with van der Waals surface area (Å²) >= 11 is 6.33. The Hall–Kier alpha value is -4.54. The number of carbonyl (C=O) groups excluding carboxylic acids is 1. The lowest BCUT2D eigenvalue weighted by Gasteiger charge is -2.30. The van der Waals surface area contributed by atoms with Crippen LogP contribution in [0.3, 0.4) is 0 Å². The average Bonchev–Trinajstić information content (AvgIpc) is 2.99. The van der Waals surface area contributed by atoms with Gasteiger partial charge in [-0.1, -0.05) is 89.5 Å². The van der Waals surface area contributed by atoms with Gasteiger partial charge in [0.05, 0.1) is 42.0 Å². The summed E-state index contributed by atoms with van der Waals surface area (Å²) < 4.78 is 5.74. The second-order valence-corrected chi connectivity index (χ2v) is 10.0. The zero-order valence-corrected chi connectivity index (χ0v) is 23.5. The highest BCUT2D eigenvalue weighted by molar-refractivity contribution is 6.30. The van der Waals surface area contributed by atoms with Gasteiger partial charge in [-0.05, 0) is 47.7 Å². The fourth-order valence-electron chi connectivity index (χ4n) is 5.09. The fraction of sp³-hybridized carbons (Fsp3) is 0.250. The van der Waals surface area contributed by atoms with Crippen LogP contribution >= 0.6 is 11.6 Å². The number of nitrogens with one attached hydrogen (secondary N) is 2. The molecular weight excluding hydrogens is 536 g/mol. The molecule has 1 unspecified atom stereocenters. The van der Waals surface area contributed by atoms with Crippen LogP contribution in [0.15, 0.2) is 113 Å². The van der Waals surface area contributed by atoms with Crippen LogP contribution in [-0.4, -0.2) is 32.2 Å². The van der Waals surface area contributed by atoms with Gasteiger partial charge in [-0.15, -0.1) is 0 Å². The van der Waals surface area contributed by atoms with Crippen LogP contribution in [0, 0.1) is 11.3 Å². The number of amides is 1. The summed E-state index contributed by atoms with van der Waals surface area (Å²) in [5, 5.41) is 20.5. The van der Waals surface area contributed by atoms with Gasteiger partial charge < -0.3 is 15.4 Å². The molecule has 0 radical (unpaired) electrons. The minimum Gasteiger partial charge on any atom is -0.375 e. The molecule has 1 aliphatic heterocycles. The quantitative estimate of drug-likeness (QED) is 0.109. The number of azide groups is 1. The van der Waals surface area contributed by atoms with E-state index in [0.29, 0.717) is 40.5 Å². The molecule has 3 aromatic carbocycles. The van der Waals surface area contributed by atoms with Crippen LogP contribution in [0.5, 0.6) is 0 Å². The molecule has 208 valence electrons. The Morgan fingerprint density at radius 3 is 2.41 bits per heavy atom. The zero-order valence-electron chi connectivity index (χ0n) is 22.8. The van der Waals surface area contributed by atoms with Crippen molar-refractivity contribution in [2.24, 2.45) is 5.11 Å². The predicted molar refractivity (Wildman–Crippen MR) is 160 cm³/mol. The molecule has 0 bridgehead atoms. The average molecular weight is 567 g/mol. The monoisotopic (exact) mass is 566 g/mol. The minimum atomic E-state index is -0.630. The van der Waals surface area contributed by atoms with Crippen molar-refractivity contribution in [1.29, 1.82) is 5.26 Å². The summed E-state index contributed by atoms with van der Waals surface area (Å²) in [7, 11) is 0. The van der Waals surface area contributed by atoms with Crippen molar-refractivity contribution in [2.75, 3.05) is 26.3 Å². The van der Waals surface area contributed by atoms with Crippen molar-refractivity contribution in [3.63, 3.8) is 0 Å². The van der Waals surface area contributed by atoms with Gasteiger partial charge in [-0.2, -0.15) is 5.26 Å². The highest BCUT2D eigenvalue weighted by atomic mass is 35.5. The molecule has 3 aromatic rings. The molecular formula is C32H31ClN6O2. The van der Waals surface area contributed by atoms with Crippen LogP contribution in [0.25, 0.3) is 10.4 Å². The third-order valence-corrected chi connectivity index (χ3v) is 7.19. The lowest BCUT2D eigenvalue weighted by molar-refractivity contribution is -0.117. The Morgan fingerprint density at radius 1 is 1.12 bits per heavy atom. The molecule has 0 fully saturated rings. The minimum absolute atomic E-state index is 0.0769. The van der Waals surface area contributed by atoms with Crippen molar-refractivity contribution < 1.29 is 9.53 Å². The lowest BCUT2D eigenvalue weighted by atomic mass is 9.80. The maximum Gasteiger partial charge on any atom is 0.250 e. The summed E-state index contributed by atoms with van der Waals surface area (Å²) in [5.74, 6) is -0.828. The third-order valence-electron chi connectivity index (χ3n) is 6.96. The Kier molecular flexibility index (Phi) is 10.6. The highest BCUT2D eigenvalue weighted by Crippen LogP contribution is 2.39. The zero-order chi connectivity index (χ0) is 29.0. The molecule has 0 saturated heterocycles. The molecule has 8 nitrogen and oxygen atoms in total. The maximum absolute atomic E-state index is 13.9. The van der Waals surface area contributed by atoms with Crippen molar-refractivity contribution >= 4 is 17.5 Å². The Bertz CT molecular complexity index is 1470. The van der Waals surface area contributed by atoms with Crippen molar-refractivity contribution in [3.8, 4) is 6.07 Å². The number of nitriles is 1. The lowest BCUT2D eigenvalue weighted by Crippen LogP contribution is -2.37. The van der Waals surface area contributed by atoms with Crippen LogP contribution in [0.1, 0.15) is 41.9 Å². The molecule has 1 aliphatic rings. The first-order valence-corrected chi connectivity index (χ1v) is 13.7. The van der Waals surface area contributed by atoms with Gasteiger partial charge in [0.2, 0.25) is 5.91 Å². The fourth-order valence-corrected chi connectivity index (χ4v) is 5.29. The third kappa shape index (κ3) is 7.56. The van der Waals surface area contributed by atoms with Crippen LogP contribution in [0.4, 0.5) is 0 Å². The number of nitrogens with zero attached hydrogens (tertiary/aromatic N) is 4. The number of hydrogen-bond donors (Lipinski definition) is 2. The van der Waals surface area contributed by atoms with Gasteiger partial charge in [0.25, 0.3) is 0 Å². The molecule has 0 aromatic heterocycles. The number of carbonyl (C=O) groups is 1. The molecule has 4 rings (SSSR count). The van der Waals surface area contributed by atoms with E-state index in [4.69, 9.17) is 21.9 Å². The molecule has 1 atom stereocenters. The largest absolute Gasteiger partial charge is 0.375 e. The maximum atomic E-state index is 13.9. The molecule has 1 heterocycles. The normalized spacial score (nSPS) is 14.7. The molecule has 0 spiro atoms. The second-order valence-electron chi connectivity index (χ2n) is 9.58. The highest BCUT2D eigenvalue weighted by Gasteiger charge is 2.34. The van der Waals surface area contributed by atoms with Crippen molar-refractivity contribution in [3.05, 3.63) is 140 Å². The summed E-state index contributed by atoms with van der Waals surface area (Å²) in [5.41, 5.74) is 13.6. The van der Waals surface area contributed by atoms with E-state index >= 15 is 0 Å². The molecule has 0 aliphatic carbocycles. The molecule has 41 heavy (non-hydrogen) atoms. The number of ether oxygens (including phenoxy) is 1. The Labute approximate surface area is 244 Å². The number of hydrogen-bond acceptors (Lipinski definition) is 5. The van der Waals surface area contributed by atoms with Crippen molar-refractivity contribution in [1.82, 2.24) is 10.6 Å². The van der Waals surface area contributed by atoms with E-state index in [0.717, 1.165) is 5.56 Å². The second kappa shape index (κ2) is 14.7. The first-order chi connectivity index (χ1) is 20.0. The smallest absolute Gasteiger partial charge is 0.250 e. The summed E-state index contributed by atoms with van der Waals surface area (Å²) in [6.07, 6.45) is 0.681. The standard InChI is InChI=1S/C32H31ClN6O2/c1-22-28(20-34)30(25-13-8-14-26(33)19-25)31(29(38-22)21-41-18-17-37-39-35)32(40)36-16-15-27(23-9-4-2-5-10-23)24-11-6-3-7-12-24/h2-14,19,27,30,38H,15-18,21H2,1H3,(H,36,40).